The van der Waals surface area contributed by atoms with Gasteiger partial charge in [-0.3, -0.25) is 0 Å². The Morgan fingerprint density at radius 1 is 1.21 bits per heavy atom. The van der Waals surface area contributed by atoms with Crippen LogP contribution in [-0.2, 0) is 4.74 Å². The van der Waals surface area contributed by atoms with Crippen LogP contribution in [0.5, 0.6) is 0 Å². The minimum Gasteiger partial charge on any atom is -1.00 e. The monoisotopic (exact) mass is 376 g/mol. The zero-order valence-electron chi connectivity index (χ0n) is 15.3. The smallest absolute Gasteiger partial charge is 0.415 e. The van der Waals surface area contributed by atoms with Gasteiger partial charge in [0.05, 0.1) is 27.7 Å². The number of likely N-dealkylation sites (N-methyl/N-ethyl adjacent to an activating group) is 1. The molecule has 0 spiro atoms. The summed E-state index contributed by atoms with van der Waals surface area (Å²) in [5.74, 6) is 0.888. The maximum absolute atomic E-state index is 12.1. The maximum atomic E-state index is 12.1. The molecule has 0 saturated carbocycles. The third kappa shape index (κ3) is 13.2. The Bertz CT molecular complexity index is 464. The number of halogens is 2. The minimum absolute atomic E-state index is 0. The molecule has 0 atom stereocenters. The van der Waals surface area contributed by atoms with Gasteiger partial charge in [-0.15, -0.1) is 11.6 Å². The third-order valence-electron chi connectivity index (χ3n) is 2.81. The molecule has 0 aromatic rings. The van der Waals surface area contributed by atoms with E-state index in [0.29, 0.717) is 24.7 Å². The molecule has 0 fully saturated rings. The van der Waals surface area contributed by atoms with Crippen molar-refractivity contribution in [2.24, 2.45) is 0 Å². The van der Waals surface area contributed by atoms with Crippen molar-refractivity contribution >= 4 is 17.7 Å². The Morgan fingerprint density at radius 3 is 2.38 bits per heavy atom. The fourth-order valence-electron chi connectivity index (χ4n) is 1.57. The second-order valence-electron chi connectivity index (χ2n) is 5.99. The van der Waals surface area contributed by atoms with Gasteiger partial charge in [-0.2, -0.15) is 0 Å². The molecule has 0 aromatic carbocycles. The summed E-state index contributed by atoms with van der Waals surface area (Å²) in [5.41, 5.74) is 0. The average Bonchev–Trinajstić information content (AvgIpc) is 2.47. The fourth-order valence-corrected chi connectivity index (χ4v) is 1.77. The molecule has 0 aliphatic carbocycles. The SMILES string of the molecule is C/C=C/C=C/C(=C\C=C\C[N+](C)(C)C)OC(=O)N(CC)CCCl.[Cl-]. The molecular weight excluding hydrogens is 347 g/mol. The van der Waals surface area contributed by atoms with E-state index in [-0.39, 0.29) is 18.5 Å². The molecule has 4 nitrogen and oxygen atoms in total. The van der Waals surface area contributed by atoms with Gasteiger partial charge in [-0.25, -0.2) is 4.79 Å². The van der Waals surface area contributed by atoms with Gasteiger partial charge in [-0.1, -0.05) is 24.3 Å². The molecule has 24 heavy (non-hydrogen) atoms. The van der Waals surface area contributed by atoms with E-state index in [9.17, 15) is 4.79 Å². The van der Waals surface area contributed by atoms with Gasteiger partial charge in [-0.05, 0) is 32.1 Å². The number of allylic oxidation sites excluding steroid dienone is 6. The summed E-state index contributed by atoms with van der Waals surface area (Å²) in [5, 5.41) is 0. The Balaban J connectivity index is 0. The summed E-state index contributed by atoms with van der Waals surface area (Å²) in [6, 6.07) is 0. The van der Waals surface area contributed by atoms with Crippen LogP contribution in [0.25, 0.3) is 0 Å². The first-order chi connectivity index (χ1) is 10.8. The third-order valence-corrected chi connectivity index (χ3v) is 2.98. The highest BCUT2D eigenvalue weighted by atomic mass is 35.5. The first kappa shape index (κ1) is 25.0. The van der Waals surface area contributed by atoms with Crippen LogP contribution < -0.4 is 12.4 Å². The average molecular weight is 377 g/mol. The van der Waals surface area contributed by atoms with Crippen LogP contribution in [0.1, 0.15) is 13.8 Å². The summed E-state index contributed by atoms with van der Waals surface area (Å²) in [6.07, 6.45) is 12.8. The van der Waals surface area contributed by atoms with Gasteiger partial charge in [0, 0.05) is 19.0 Å². The molecule has 0 aliphatic rings. The molecule has 0 heterocycles. The first-order valence-electron chi connectivity index (χ1n) is 7.83. The van der Waals surface area contributed by atoms with Crippen molar-refractivity contribution in [1.82, 2.24) is 4.90 Å². The molecule has 138 valence electrons. The van der Waals surface area contributed by atoms with E-state index < -0.39 is 0 Å². The summed E-state index contributed by atoms with van der Waals surface area (Å²) in [6.45, 7) is 5.76. The number of hydrogen-bond acceptors (Lipinski definition) is 2. The van der Waals surface area contributed by atoms with Crippen molar-refractivity contribution in [2.45, 2.75) is 13.8 Å². The summed E-state index contributed by atoms with van der Waals surface area (Å²) < 4.78 is 6.29. The van der Waals surface area contributed by atoms with Crippen molar-refractivity contribution in [3.05, 3.63) is 48.3 Å². The van der Waals surface area contributed by atoms with E-state index in [1.165, 1.54) is 0 Å². The lowest BCUT2D eigenvalue weighted by Gasteiger charge is -2.21. The van der Waals surface area contributed by atoms with Crippen LogP contribution in [0.4, 0.5) is 4.79 Å². The zero-order chi connectivity index (χ0) is 17.7. The van der Waals surface area contributed by atoms with Gasteiger partial charge in [0.25, 0.3) is 0 Å². The fraction of sp³-hybridized carbons (Fsp3) is 0.500. The van der Waals surface area contributed by atoms with Crippen molar-refractivity contribution in [1.29, 1.82) is 0 Å². The Labute approximate surface area is 158 Å². The molecule has 0 rings (SSSR count). The molecule has 1 amide bonds. The number of quaternary nitrogens is 1. The molecule has 0 radical (unpaired) electrons. The van der Waals surface area contributed by atoms with E-state index in [4.69, 9.17) is 16.3 Å². The number of carbonyl (C=O) groups is 1. The number of nitrogens with zero attached hydrogens (tertiary/aromatic N) is 2. The zero-order valence-corrected chi connectivity index (χ0v) is 16.8. The summed E-state index contributed by atoms with van der Waals surface area (Å²) >= 11 is 5.70. The Kier molecular flexibility index (Phi) is 14.7. The highest BCUT2D eigenvalue weighted by Gasteiger charge is 2.13. The number of ether oxygens (including phenoxy) is 1. The molecule has 0 bridgehead atoms. The van der Waals surface area contributed by atoms with Gasteiger partial charge < -0.3 is 26.5 Å². The number of amides is 1. The van der Waals surface area contributed by atoms with Crippen molar-refractivity contribution < 1.29 is 26.4 Å². The molecule has 0 N–H and O–H groups in total. The topological polar surface area (TPSA) is 29.5 Å². The summed E-state index contributed by atoms with van der Waals surface area (Å²) in [4.78, 5) is 13.7. The highest BCUT2D eigenvalue weighted by molar-refractivity contribution is 6.18. The molecule has 0 unspecified atom stereocenters. The van der Waals surface area contributed by atoms with Crippen LogP contribution in [0.3, 0.4) is 0 Å². The standard InChI is InChI=1S/C18H30ClN2O2.ClH/c1-6-8-9-12-17(13-10-11-16-21(3,4)5)23-18(22)20(7-2)15-14-19;/h6,8-13H,7,14-16H2,1-5H3;1H/q+1;/p-1/b8-6+,11-10+,12-9+,17-13+;. The Hall–Kier alpha value is -1.23. The molecule has 0 aliphatic heterocycles. The van der Waals surface area contributed by atoms with Gasteiger partial charge in [0.1, 0.15) is 5.76 Å². The van der Waals surface area contributed by atoms with Crippen LogP contribution in [0.15, 0.2) is 48.3 Å². The van der Waals surface area contributed by atoms with Crippen LogP contribution >= 0.6 is 11.6 Å². The van der Waals surface area contributed by atoms with Crippen molar-refractivity contribution in [3.8, 4) is 0 Å². The lowest BCUT2D eigenvalue weighted by Crippen LogP contribution is -3.00. The van der Waals surface area contributed by atoms with E-state index in [1.54, 1.807) is 17.1 Å². The van der Waals surface area contributed by atoms with Gasteiger partial charge >= 0.3 is 6.09 Å². The minimum atomic E-state index is -0.385. The lowest BCUT2D eigenvalue weighted by atomic mass is 10.3. The van der Waals surface area contributed by atoms with E-state index >= 15 is 0 Å². The van der Waals surface area contributed by atoms with Crippen LogP contribution in [-0.4, -0.2) is 62.1 Å². The van der Waals surface area contributed by atoms with Crippen molar-refractivity contribution in [2.75, 3.05) is 46.7 Å². The van der Waals surface area contributed by atoms with Crippen molar-refractivity contribution in [3.63, 3.8) is 0 Å². The summed E-state index contributed by atoms with van der Waals surface area (Å²) in [7, 11) is 6.35. The number of alkyl halides is 1. The molecule has 0 saturated heterocycles. The second kappa shape index (κ2) is 14.1. The normalized spacial score (nSPS) is 12.8. The predicted octanol–water partition coefficient (Wildman–Crippen LogP) is 0.966. The van der Waals surface area contributed by atoms with E-state index in [0.717, 1.165) is 11.0 Å². The number of rotatable bonds is 9. The highest BCUT2D eigenvalue weighted by Crippen LogP contribution is 2.06. The Morgan fingerprint density at radius 2 is 1.88 bits per heavy atom. The quantitative estimate of drug-likeness (QED) is 0.259. The predicted molar refractivity (Wildman–Crippen MR) is 98.5 cm³/mol. The largest absolute Gasteiger partial charge is 1.00 e. The van der Waals surface area contributed by atoms with E-state index in [2.05, 4.69) is 21.1 Å². The van der Waals surface area contributed by atoms with Crippen LogP contribution in [0.2, 0.25) is 0 Å². The lowest BCUT2D eigenvalue weighted by molar-refractivity contribution is -0.864. The molecule has 0 aromatic heterocycles. The number of carbonyl (C=O) groups excluding carboxylic acids is 1. The molecular formula is C18H30Cl2N2O2. The first-order valence-corrected chi connectivity index (χ1v) is 8.36. The van der Waals surface area contributed by atoms with Crippen LogP contribution in [0, 0.1) is 0 Å². The number of hydrogen-bond donors (Lipinski definition) is 0. The van der Waals surface area contributed by atoms with E-state index in [1.807, 2.05) is 44.2 Å². The maximum Gasteiger partial charge on any atom is 0.415 e. The second-order valence-corrected chi connectivity index (χ2v) is 6.37. The van der Waals surface area contributed by atoms with Gasteiger partial charge in [0.15, 0.2) is 0 Å². The van der Waals surface area contributed by atoms with Gasteiger partial charge in [0.2, 0.25) is 0 Å². The molecule has 6 heteroatoms.